The van der Waals surface area contributed by atoms with E-state index in [1.165, 1.54) is 0 Å². The lowest BCUT2D eigenvalue weighted by Gasteiger charge is -1.92. The molecule has 0 atom stereocenters. The molecule has 2 heteroatoms. The Labute approximate surface area is 77.2 Å². The monoisotopic (exact) mass is 176 g/mol. The second-order valence-corrected chi connectivity index (χ2v) is 2.48. The fraction of sp³-hybridized carbons (Fsp3) is 0.100. The van der Waals surface area contributed by atoms with Crippen LogP contribution in [0.2, 0.25) is 0 Å². The topological polar surface area (TPSA) is 17.1 Å². The number of rotatable bonds is 1. The average molecular weight is 176 g/mol. The molecule has 1 aromatic rings. The van der Waals surface area contributed by atoms with E-state index < -0.39 is 0 Å². The zero-order valence-corrected chi connectivity index (χ0v) is 7.34. The number of carbonyl (C=O) groups is 1. The first kappa shape index (κ1) is 8.89. The lowest BCUT2D eigenvalue weighted by Crippen LogP contribution is -1.85. The van der Waals surface area contributed by atoms with Crippen LogP contribution in [-0.4, -0.2) is 12.0 Å². The molecule has 1 nitrogen and oxygen atoms in total. The number of carbonyl (C=O) groups excluding carboxylic acids is 1. The number of aldehydes is 1. The minimum absolute atomic E-state index is 0.507. The minimum Gasteiger partial charge on any atom is -0.298 e. The minimum atomic E-state index is 0.507. The summed E-state index contributed by atoms with van der Waals surface area (Å²) in [6.07, 6.45) is 0.808. The molecule has 1 aromatic carbocycles. The van der Waals surface area contributed by atoms with Crippen LogP contribution in [0, 0.1) is 11.8 Å². The van der Waals surface area contributed by atoms with Crippen molar-refractivity contribution < 1.29 is 4.79 Å². The highest BCUT2D eigenvalue weighted by Gasteiger charge is 1.94. The predicted molar refractivity (Wildman–Crippen MR) is 52.6 cm³/mol. The Morgan fingerprint density at radius 2 is 2.17 bits per heavy atom. The van der Waals surface area contributed by atoms with Crippen LogP contribution in [0.1, 0.15) is 15.9 Å². The molecule has 0 unspecified atom stereocenters. The third kappa shape index (κ3) is 2.14. The molecular weight excluding hydrogens is 168 g/mol. The first-order valence-electron chi connectivity index (χ1n) is 3.52. The van der Waals surface area contributed by atoms with Crippen LogP contribution in [0.4, 0.5) is 0 Å². The lowest BCUT2D eigenvalue weighted by atomic mass is 10.1. The number of thiol groups is 1. The SMILES string of the molecule is O=Cc1ccccc1C#CCS. The summed E-state index contributed by atoms with van der Waals surface area (Å²) in [6.45, 7) is 0. The molecule has 0 radical (unpaired) electrons. The van der Waals surface area contributed by atoms with E-state index in [0.29, 0.717) is 11.3 Å². The highest BCUT2D eigenvalue weighted by molar-refractivity contribution is 7.80. The molecule has 0 saturated carbocycles. The number of hydrogen-bond acceptors (Lipinski definition) is 2. The average Bonchev–Trinajstić information content (AvgIpc) is 2.15. The molecule has 0 aliphatic heterocycles. The highest BCUT2D eigenvalue weighted by Crippen LogP contribution is 2.03. The summed E-state index contributed by atoms with van der Waals surface area (Å²) in [6, 6.07) is 7.24. The zero-order valence-electron chi connectivity index (χ0n) is 6.45. The molecule has 60 valence electrons. The van der Waals surface area contributed by atoms with E-state index in [2.05, 4.69) is 24.5 Å². The molecule has 0 spiro atoms. The standard InChI is InChI=1S/C10H8OS/c11-8-10-5-2-1-4-9(10)6-3-7-12/h1-2,4-5,8,12H,7H2. The van der Waals surface area contributed by atoms with Crippen molar-refractivity contribution >= 4 is 18.9 Å². The zero-order chi connectivity index (χ0) is 8.81. The molecule has 0 N–H and O–H groups in total. The summed E-state index contributed by atoms with van der Waals surface area (Å²) >= 11 is 3.95. The van der Waals surface area contributed by atoms with Crippen molar-refractivity contribution in [3.8, 4) is 11.8 Å². The van der Waals surface area contributed by atoms with Gasteiger partial charge in [0.2, 0.25) is 0 Å². The van der Waals surface area contributed by atoms with E-state index in [1.54, 1.807) is 6.07 Å². The Hall–Kier alpha value is -1.20. The third-order valence-electron chi connectivity index (χ3n) is 1.39. The maximum Gasteiger partial charge on any atom is 0.151 e. The fourth-order valence-electron chi connectivity index (χ4n) is 0.848. The molecule has 0 bridgehead atoms. The normalized spacial score (nSPS) is 8.42. The quantitative estimate of drug-likeness (QED) is 0.392. The van der Waals surface area contributed by atoms with Gasteiger partial charge in [-0.1, -0.05) is 30.0 Å². The van der Waals surface area contributed by atoms with Crippen molar-refractivity contribution in [1.29, 1.82) is 0 Å². The Morgan fingerprint density at radius 1 is 1.42 bits per heavy atom. The number of hydrogen-bond donors (Lipinski definition) is 1. The Bertz CT molecular complexity index is 333. The van der Waals surface area contributed by atoms with Gasteiger partial charge in [-0.3, -0.25) is 4.79 Å². The van der Waals surface area contributed by atoms with Gasteiger partial charge in [0.25, 0.3) is 0 Å². The Kier molecular flexibility index (Phi) is 3.43. The molecule has 1 rings (SSSR count). The Balaban J connectivity index is 3.05. The van der Waals surface area contributed by atoms with Crippen molar-refractivity contribution in [2.75, 3.05) is 5.75 Å². The van der Waals surface area contributed by atoms with Gasteiger partial charge in [-0.15, -0.1) is 0 Å². The maximum absolute atomic E-state index is 10.5. The smallest absolute Gasteiger partial charge is 0.151 e. The van der Waals surface area contributed by atoms with Gasteiger partial charge in [-0.05, 0) is 6.07 Å². The molecule has 0 amide bonds. The van der Waals surface area contributed by atoms with E-state index in [4.69, 9.17) is 0 Å². The summed E-state index contributed by atoms with van der Waals surface area (Å²) in [5.41, 5.74) is 1.40. The van der Waals surface area contributed by atoms with Crippen molar-refractivity contribution in [2.24, 2.45) is 0 Å². The van der Waals surface area contributed by atoms with Gasteiger partial charge in [0.05, 0.1) is 5.75 Å². The van der Waals surface area contributed by atoms with E-state index in [-0.39, 0.29) is 0 Å². The van der Waals surface area contributed by atoms with Crippen LogP contribution >= 0.6 is 12.6 Å². The third-order valence-corrected chi connectivity index (χ3v) is 1.55. The summed E-state index contributed by atoms with van der Waals surface area (Å²) < 4.78 is 0. The molecule has 0 fully saturated rings. The summed E-state index contributed by atoms with van der Waals surface area (Å²) in [5, 5.41) is 0. The van der Waals surface area contributed by atoms with E-state index in [9.17, 15) is 4.79 Å². The second kappa shape index (κ2) is 4.63. The summed E-state index contributed by atoms with van der Waals surface area (Å²) in [5.74, 6) is 6.16. The molecule has 0 aromatic heterocycles. The van der Waals surface area contributed by atoms with Crippen molar-refractivity contribution in [3.05, 3.63) is 35.4 Å². The summed E-state index contributed by atoms with van der Waals surface area (Å²) in [7, 11) is 0. The van der Waals surface area contributed by atoms with Crippen molar-refractivity contribution in [3.63, 3.8) is 0 Å². The predicted octanol–water partition coefficient (Wildman–Crippen LogP) is 1.78. The van der Waals surface area contributed by atoms with Crippen LogP contribution in [-0.2, 0) is 0 Å². The highest BCUT2D eigenvalue weighted by atomic mass is 32.1. The van der Waals surface area contributed by atoms with Crippen LogP contribution < -0.4 is 0 Å². The van der Waals surface area contributed by atoms with E-state index in [0.717, 1.165) is 11.8 Å². The summed E-state index contributed by atoms with van der Waals surface area (Å²) in [4.78, 5) is 10.5. The first-order chi connectivity index (χ1) is 5.88. The second-order valence-electron chi connectivity index (χ2n) is 2.16. The first-order valence-corrected chi connectivity index (χ1v) is 4.15. The van der Waals surface area contributed by atoms with Crippen LogP contribution in [0.15, 0.2) is 24.3 Å². The van der Waals surface area contributed by atoms with Gasteiger partial charge in [-0.25, -0.2) is 0 Å². The molecule has 0 aliphatic carbocycles. The van der Waals surface area contributed by atoms with Gasteiger partial charge in [0, 0.05) is 11.1 Å². The van der Waals surface area contributed by atoms with Gasteiger partial charge >= 0.3 is 0 Å². The van der Waals surface area contributed by atoms with Gasteiger partial charge in [-0.2, -0.15) is 12.6 Å². The van der Waals surface area contributed by atoms with Gasteiger partial charge in [0.15, 0.2) is 6.29 Å². The van der Waals surface area contributed by atoms with Crippen LogP contribution in [0.5, 0.6) is 0 Å². The van der Waals surface area contributed by atoms with Gasteiger partial charge < -0.3 is 0 Å². The lowest BCUT2D eigenvalue weighted by molar-refractivity contribution is 0.112. The van der Waals surface area contributed by atoms with Gasteiger partial charge in [0.1, 0.15) is 0 Å². The Morgan fingerprint density at radius 3 is 2.83 bits per heavy atom. The van der Waals surface area contributed by atoms with E-state index in [1.807, 2.05) is 18.2 Å². The molecule has 0 heterocycles. The van der Waals surface area contributed by atoms with Crippen molar-refractivity contribution in [2.45, 2.75) is 0 Å². The number of benzene rings is 1. The van der Waals surface area contributed by atoms with E-state index >= 15 is 0 Å². The molecule has 0 aliphatic rings. The maximum atomic E-state index is 10.5. The largest absolute Gasteiger partial charge is 0.298 e. The van der Waals surface area contributed by atoms with Crippen LogP contribution in [0.25, 0.3) is 0 Å². The van der Waals surface area contributed by atoms with Crippen LogP contribution in [0.3, 0.4) is 0 Å². The molecular formula is C10H8OS. The fourth-order valence-corrected chi connectivity index (χ4v) is 0.927. The van der Waals surface area contributed by atoms with Crippen molar-refractivity contribution in [1.82, 2.24) is 0 Å². The molecule has 12 heavy (non-hydrogen) atoms. The molecule has 0 saturated heterocycles.